The van der Waals surface area contributed by atoms with Crippen LogP contribution in [0.3, 0.4) is 0 Å². The van der Waals surface area contributed by atoms with E-state index in [4.69, 9.17) is 16.3 Å². The molecule has 5 nitrogen and oxygen atoms in total. The highest BCUT2D eigenvalue weighted by Gasteiger charge is 2.36. The number of fused-ring (bicyclic) bond motifs is 1. The molecule has 5 rings (SSSR count). The Morgan fingerprint density at radius 2 is 1.76 bits per heavy atom. The number of halogens is 2. The number of carbonyl (C=O) groups excluding carboxylic acids is 1. The van der Waals surface area contributed by atoms with Gasteiger partial charge in [-0.1, -0.05) is 35.9 Å². The molecule has 3 N–H and O–H groups in total. The second kappa shape index (κ2) is 8.76. The first kappa shape index (κ1) is 21.9. The summed E-state index contributed by atoms with van der Waals surface area (Å²) in [5.41, 5.74) is 5.34. The van der Waals surface area contributed by atoms with Crippen LogP contribution in [0.5, 0.6) is 11.5 Å². The number of aromatic hydroxyl groups is 1. The van der Waals surface area contributed by atoms with E-state index in [1.54, 1.807) is 6.07 Å². The van der Waals surface area contributed by atoms with Crippen molar-refractivity contribution in [1.29, 1.82) is 0 Å². The minimum atomic E-state index is -0.402. The number of ketones is 1. The minimum absolute atomic E-state index is 0.0281. The standard InChI is InChI=1S/C26H22BrClN2O3/c1-33-23-13-16(10-18(27)26(23)32)25-24-21(29-19-4-2-3-5-20(19)30-25)11-15(12-22(24)31)14-6-8-17(28)9-7-14/h2-10,13,15,25,29-30,32H,11-12H2,1H3/t15-,25+/m0/s1. The summed E-state index contributed by atoms with van der Waals surface area (Å²) in [5.74, 6) is 0.515. The highest BCUT2D eigenvalue weighted by molar-refractivity contribution is 9.10. The molecule has 1 heterocycles. The van der Waals surface area contributed by atoms with E-state index in [-0.39, 0.29) is 17.5 Å². The lowest BCUT2D eigenvalue weighted by Gasteiger charge is -2.30. The smallest absolute Gasteiger partial charge is 0.172 e. The molecule has 0 unspecified atom stereocenters. The van der Waals surface area contributed by atoms with Crippen molar-refractivity contribution < 1.29 is 14.6 Å². The number of para-hydroxylation sites is 2. The van der Waals surface area contributed by atoms with E-state index >= 15 is 0 Å². The topological polar surface area (TPSA) is 70.6 Å². The summed E-state index contributed by atoms with van der Waals surface area (Å²) in [6, 6.07) is 18.8. The van der Waals surface area contributed by atoms with Crippen LogP contribution in [-0.2, 0) is 4.79 Å². The Bertz CT molecular complexity index is 1270. The van der Waals surface area contributed by atoms with Crippen LogP contribution in [0.25, 0.3) is 0 Å². The molecule has 0 saturated heterocycles. The molecule has 168 valence electrons. The summed E-state index contributed by atoms with van der Waals surface area (Å²) in [7, 11) is 1.51. The van der Waals surface area contributed by atoms with Gasteiger partial charge < -0.3 is 20.5 Å². The van der Waals surface area contributed by atoms with Gasteiger partial charge in [-0.15, -0.1) is 0 Å². The number of anilines is 2. The summed E-state index contributed by atoms with van der Waals surface area (Å²) in [4.78, 5) is 13.6. The van der Waals surface area contributed by atoms with Gasteiger partial charge in [-0.3, -0.25) is 4.79 Å². The van der Waals surface area contributed by atoms with Crippen molar-refractivity contribution in [2.75, 3.05) is 17.7 Å². The molecule has 3 aromatic carbocycles. The number of carbonyl (C=O) groups is 1. The number of allylic oxidation sites excluding steroid dienone is 1. The second-order valence-electron chi connectivity index (χ2n) is 8.27. The van der Waals surface area contributed by atoms with Gasteiger partial charge in [0.05, 0.1) is 29.0 Å². The van der Waals surface area contributed by atoms with Crippen molar-refractivity contribution in [3.8, 4) is 11.5 Å². The van der Waals surface area contributed by atoms with Crippen LogP contribution < -0.4 is 15.4 Å². The Morgan fingerprint density at radius 3 is 2.48 bits per heavy atom. The van der Waals surface area contributed by atoms with Crippen molar-refractivity contribution in [2.45, 2.75) is 24.8 Å². The number of methoxy groups -OCH3 is 1. The maximum Gasteiger partial charge on any atom is 0.172 e. The lowest BCUT2D eigenvalue weighted by Crippen LogP contribution is -2.27. The molecule has 0 spiro atoms. The molecule has 1 aliphatic heterocycles. The molecule has 0 aromatic heterocycles. The van der Waals surface area contributed by atoms with Gasteiger partial charge in [0.15, 0.2) is 17.3 Å². The number of nitrogens with one attached hydrogen (secondary N) is 2. The van der Waals surface area contributed by atoms with Gasteiger partial charge in [0.1, 0.15) is 0 Å². The quantitative estimate of drug-likeness (QED) is 0.351. The van der Waals surface area contributed by atoms with Gasteiger partial charge in [0, 0.05) is 22.7 Å². The number of phenolic OH excluding ortho intramolecular Hbond substituents is 1. The third kappa shape index (κ3) is 4.09. The fourth-order valence-corrected chi connectivity index (χ4v) is 5.21. The molecule has 2 atom stereocenters. The molecule has 0 fully saturated rings. The molecular weight excluding hydrogens is 504 g/mol. The van der Waals surface area contributed by atoms with E-state index < -0.39 is 6.04 Å². The largest absolute Gasteiger partial charge is 0.503 e. The average molecular weight is 526 g/mol. The zero-order valence-corrected chi connectivity index (χ0v) is 20.2. The Balaban J connectivity index is 1.63. The number of hydrogen-bond acceptors (Lipinski definition) is 5. The Kier molecular flexibility index (Phi) is 5.81. The molecular formula is C26H22BrClN2O3. The zero-order valence-electron chi connectivity index (χ0n) is 17.9. The van der Waals surface area contributed by atoms with E-state index in [0.717, 1.165) is 28.2 Å². The summed E-state index contributed by atoms with van der Waals surface area (Å²) in [6.07, 6.45) is 1.11. The molecule has 0 bridgehead atoms. The Morgan fingerprint density at radius 1 is 1.03 bits per heavy atom. The number of phenols is 1. The van der Waals surface area contributed by atoms with Gasteiger partial charge in [0.25, 0.3) is 0 Å². The van der Waals surface area contributed by atoms with Crippen molar-refractivity contribution in [1.82, 2.24) is 0 Å². The predicted molar refractivity (Wildman–Crippen MR) is 134 cm³/mol. The summed E-state index contributed by atoms with van der Waals surface area (Å²) in [5, 5.41) is 18.1. The number of Topliss-reactive ketones (excluding diaryl/α,β-unsaturated/α-hetero) is 1. The molecule has 3 aromatic rings. The van der Waals surface area contributed by atoms with Crippen LogP contribution in [0.4, 0.5) is 11.4 Å². The predicted octanol–water partition coefficient (Wildman–Crippen LogP) is 6.80. The summed E-state index contributed by atoms with van der Waals surface area (Å²) in [6.45, 7) is 0. The van der Waals surface area contributed by atoms with Gasteiger partial charge >= 0.3 is 0 Å². The van der Waals surface area contributed by atoms with Gasteiger partial charge in [-0.05, 0) is 75.8 Å². The van der Waals surface area contributed by atoms with Gasteiger partial charge in [-0.25, -0.2) is 0 Å². The molecule has 1 aliphatic carbocycles. The van der Waals surface area contributed by atoms with Crippen LogP contribution in [0, 0.1) is 0 Å². The minimum Gasteiger partial charge on any atom is -0.503 e. The molecule has 0 amide bonds. The average Bonchev–Trinajstić information content (AvgIpc) is 2.98. The summed E-state index contributed by atoms with van der Waals surface area (Å²) >= 11 is 9.49. The van der Waals surface area contributed by atoms with Crippen LogP contribution in [0.2, 0.25) is 5.02 Å². The fourth-order valence-electron chi connectivity index (χ4n) is 4.63. The monoisotopic (exact) mass is 524 g/mol. The first-order valence-electron chi connectivity index (χ1n) is 10.6. The summed E-state index contributed by atoms with van der Waals surface area (Å²) < 4.78 is 5.88. The van der Waals surface area contributed by atoms with Gasteiger partial charge in [-0.2, -0.15) is 0 Å². The lowest BCUT2D eigenvalue weighted by molar-refractivity contribution is -0.116. The van der Waals surface area contributed by atoms with E-state index in [0.29, 0.717) is 33.7 Å². The van der Waals surface area contributed by atoms with E-state index in [9.17, 15) is 9.90 Å². The highest BCUT2D eigenvalue weighted by Crippen LogP contribution is 2.46. The molecule has 0 radical (unpaired) electrons. The third-order valence-electron chi connectivity index (χ3n) is 6.25. The van der Waals surface area contributed by atoms with Crippen LogP contribution >= 0.6 is 27.5 Å². The fraction of sp³-hybridized carbons (Fsp3) is 0.192. The van der Waals surface area contributed by atoms with Crippen molar-refractivity contribution >= 4 is 44.7 Å². The van der Waals surface area contributed by atoms with E-state index in [2.05, 4.69) is 26.6 Å². The van der Waals surface area contributed by atoms with Crippen molar-refractivity contribution in [2.24, 2.45) is 0 Å². The maximum absolute atomic E-state index is 13.6. The molecule has 7 heteroatoms. The number of ether oxygens (including phenoxy) is 1. The first-order valence-corrected chi connectivity index (χ1v) is 11.8. The Hall–Kier alpha value is -2.96. The third-order valence-corrected chi connectivity index (χ3v) is 7.11. The van der Waals surface area contributed by atoms with Gasteiger partial charge in [0.2, 0.25) is 0 Å². The lowest BCUT2D eigenvalue weighted by atomic mass is 9.78. The molecule has 0 saturated carbocycles. The van der Waals surface area contributed by atoms with Crippen molar-refractivity contribution in [3.63, 3.8) is 0 Å². The number of rotatable bonds is 3. The number of benzene rings is 3. The van der Waals surface area contributed by atoms with Crippen LogP contribution in [-0.4, -0.2) is 18.0 Å². The first-order chi connectivity index (χ1) is 15.9. The van der Waals surface area contributed by atoms with Crippen LogP contribution in [0.15, 0.2) is 76.4 Å². The normalized spacial score (nSPS) is 19.7. The Labute approximate surface area is 205 Å². The SMILES string of the molecule is COc1cc([C@H]2Nc3ccccc3NC3=C2C(=O)C[C@@H](c2ccc(Cl)cc2)C3)cc(Br)c1O. The number of hydrogen-bond donors (Lipinski definition) is 3. The second-order valence-corrected chi connectivity index (χ2v) is 9.56. The molecule has 2 aliphatic rings. The molecule has 33 heavy (non-hydrogen) atoms. The maximum atomic E-state index is 13.6. The van der Waals surface area contributed by atoms with E-state index in [1.807, 2.05) is 54.6 Å². The van der Waals surface area contributed by atoms with Crippen molar-refractivity contribution in [3.05, 3.63) is 92.6 Å². The zero-order chi connectivity index (χ0) is 23.1. The van der Waals surface area contributed by atoms with E-state index in [1.165, 1.54) is 7.11 Å². The highest BCUT2D eigenvalue weighted by atomic mass is 79.9. The van der Waals surface area contributed by atoms with Crippen LogP contribution in [0.1, 0.15) is 35.9 Å².